The lowest BCUT2D eigenvalue weighted by Gasteiger charge is -2.45. The van der Waals surface area contributed by atoms with E-state index in [9.17, 15) is 4.79 Å². The van der Waals surface area contributed by atoms with E-state index in [1.165, 1.54) is 5.57 Å². The lowest BCUT2D eigenvalue weighted by molar-refractivity contribution is -0.135. The molecule has 0 aromatic heterocycles. The van der Waals surface area contributed by atoms with Crippen LogP contribution in [0.15, 0.2) is 23.4 Å². The smallest absolute Gasteiger partial charge is 0.191 e. The minimum absolute atomic E-state index is 0.0746. The van der Waals surface area contributed by atoms with E-state index >= 15 is 0 Å². The van der Waals surface area contributed by atoms with Crippen molar-refractivity contribution < 1.29 is 9.53 Å². The second-order valence-electron chi connectivity index (χ2n) is 7.94. The Kier molecular flexibility index (Phi) is 6.25. The molecule has 0 N–H and O–H groups in total. The van der Waals surface area contributed by atoms with E-state index < -0.39 is 13.7 Å². The number of ether oxygens (including phenoxy) is 1. The van der Waals surface area contributed by atoms with Crippen molar-refractivity contribution in [3.63, 3.8) is 0 Å². The summed E-state index contributed by atoms with van der Waals surface area (Å²) in [5, 5.41) is 1.14. The van der Waals surface area contributed by atoms with Gasteiger partial charge in [0.25, 0.3) is 0 Å². The van der Waals surface area contributed by atoms with Crippen molar-refractivity contribution >= 4 is 13.9 Å². The molecule has 0 aromatic rings. The quantitative estimate of drug-likeness (QED) is 0.440. The zero-order chi connectivity index (χ0) is 18.2. The van der Waals surface area contributed by atoms with Gasteiger partial charge in [-0.25, -0.2) is 0 Å². The number of hydrogen-bond acceptors (Lipinski definition) is 2. The van der Waals surface area contributed by atoms with Gasteiger partial charge in [-0.1, -0.05) is 66.7 Å². The molecular weight excluding hydrogens is 300 g/mol. The standard InChI is InChI=1S/C20H36O2Si/c1-11-20(22-12-2)17(10)16(9)18(19(20)21)23(13(3)4,14(5)6)15(7)8/h11,13-15,17H,1,12H2,2-10H3/t17-,20+/m1/s1. The first-order valence-corrected chi connectivity index (χ1v) is 11.3. The van der Waals surface area contributed by atoms with Gasteiger partial charge in [0.05, 0.1) is 8.07 Å². The zero-order valence-corrected chi connectivity index (χ0v) is 17.6. The largest absolute Gasteiger partial charge is 0.362 e. The second-order valence-corrected chi connectivity index (χ2v) is 13.8. The Morgan fingerprint density at radius 2 is 1.61 bits per heavy atom. The molecular formula is C20H36O2Si. The van der Waals surface area contributed by atoms with Gasteiger partial charge in [0.1, 0.15) is 0 Å². The van der Waals surface area contributed by atoms with Crippen LogP contribution < -0.4 is 0 Å². The zero-order valence-electron chi connectivity index (χ0n) is 16.6. The predicted molar refractivity (Wildman–Crippen MR) is 102 cm³/mol. The molecule has 0 saturated carbocycles. The fourth-order valence-corrected chi connectivity index (χ4v) is 12.5. The molecule has 1 rings (SSSR count). The van der Waals surface area contributed by atoms with Crippen LogP contribution in [0, 0.1) is 5.92 Å². The summed E-state index contributed by atoms with van der Waals surface area (Å²) in [7, 11) is -1.99. The molecule has 23 heavy (non-hydrogen) atoms. The van der Waals surface area contributed by atoms with E-state index in [0.717, 1.165) is 5.20 Å². The lowest BCUT2D eigenvalue weighted by atomic mass is 9.88. The Morgan fingerprint density at radius 1 is 1.17 bits per heavy atom. The summed E-state index contributed by atoms with van der Waals surface area (Å²) in [6, 6.07) is 0. The summed E-state index contributed by atoms with van der Waals surface area (Å²) < 4.78 is 6.01. The van der Waals surface area contributed by atoms with Crippen molar-refractivity contribution in [1.82, 2.24) is 0 Å². The van der Waals surface area contributed by atoms with E-state index in [0.29, 0.717) is 23.2 Å². The van der Waals surface area contributed by atoms with Crippen LogP contribution in [0.3, 0.4) is 0 Å². The first kappa shape index (κ1) is 20.4. The van der Waals surface area contributed by atoms with Gasteiger partial charge in [-0.05, 0) is 35.7 Å². The normalized spacial score (nSPS) is 26.1. The second kappa shape index (κ2) is 7.06. The molecule has 0 saturated heterocycles. The van der Waals surface area contributed by atoms with Crippen molar-refractivity contribution in [1.29, 1.82) is 0 Å². The highest BCUT2D eigenvalue weighted by Gasteiger charge is 2.59. The highest BCUT2D eigenvalue weighted by atomic mass is 28.3. The van der Waals surface area contributed by atoms with E-state index in [4.69, 9.17) is 4.74 Å². The lowest BCUT2D eigenvalue weighted by Crippen LogP contribution is -2.52. The van der Waals surface area contributed by atoms with Crippen molar-refractivity contribution in [3.8, 4) is 0 Å². The summed E-state index contributed by atoms with van der Waals surface area (Å²) in [4.78, 5) is 13.6. The van der Waals surface area contributed by atoms with Gasteiger partial charge >= 0.3 is 0 Å². The molecule has 2 nitrogen and oxygen atoms in total. The van der Waals surface area contributed by atoms with Gasteiger partial charge in [-0.2, -0.15) is 0 Å². The number of carbonyl (C=O) groups is 1. The first-order chi connectivity index (χ1) is 10.5. The molecule has 0 radical (unpaired) electrons. The Hall–Kier alpha value is -0.673. The fraction of sp³-hybridized carbons (Fsp3) is 0.750. The van der Waals surface area contributed by atoms with Gasteiger partial charge in [-0.15, -0.1) is 0 Å². The van der Waals surface area contributed by atoms with Crippen LogP contribution in [0.25, 0.3) is 0 Å². The molecule has 0 fully saturated rings. The van der Waals surface area contributed by atoms with Crippen LogP contribution in [0.5, 0.6) is 0 Å². The van der Waals surface area contributed by atoms with E-state index in [2.05, 4.69) is 62.0 Å². The fourth-order valence-electron chi connectivity index (χ4n) is 5.27. The maximum Gasteiger partial charge on any atom is 0.191 e. The van der Waals surface area contributed by atoms with Crippen LogP contribution in [0.1, 0.15) is 62.3 Å². The third-order valence-corrected chi connectivity index (χ3v) is 13.5. The van der Waals surface area contributed by atoms with Crippen molar-refractivity contribution in [2.24, 2.45) is 5.92 Å². The molecule has 1 aliphatic carbocycles. The van der Waals surface area contributed by atoms with Crippen molar-refractivity contribution in [2.75, 3.05) is 6.61 Å². The Morgan fingerprint density at radius 3 is 1.91 bits per heavy atom. The predicted octanol–water partition coefficient (Wildman–Crippen LogP) is 5.70. The summed E-state index contributed by atoms with van der Waals surface area (Å²) >= 11 is 0. The molecule has 3 heteroatoms. The van der Waals surface area contributed by atoms with Crippen molar-refractivity contribution in [3.05, 3.63) is 23.4 Å². The van der Waals surface area contributed by atoms with Crippen LogP contribution >= 0.6 is 0 Å². The summed E-state index contributed by atoms with van der Waals surface area (Å²) in [5.74, 6) is 0.271. The minimum atomic E-state index is -1.99. The molecule has 0 amide bonds. The summed E-state index contributed by atoms with van der Waals surface area (Å²) in [6.07, 6.45) is 1.75. The van der Waals surface area contributed by atoms with Gasteiger partial charge in [-0.3, -0.25) is 4.79 Å². The van der Waals surface area contributed by atoms with E-state index in [1.807, 2.05) is 6.92 Å². The molecule has 0 aromatic carbocycles. The Labute approximate surface area is 144 Å². The van der Waals surface area contributed by atoms with Crippen LogP contribution in [-0.4, -0.2) is 26.1 Å². The highest BCUT2D eigenvalue weighted by molar-refractivity contribution is 6.94. The Balaban J connectivity index is 3.68. The monoisotopic (exact) mass is 336 g/mol. The van der Waals surface area contributed by atoms with E-state index in [-0.39, 0.29) is 11.7 Å². The molecule has 1 aliphatic rings. The third-order valence-electron chi connectivity index (χ3n) is 6.25. The van der Waals surface area contributed by atoms with E-state index in [1.54, 1.807) is 6.08 Å². The molecule has 0 spiro atoms. The van der Waals surface area contributed by atoms with Gasteiger partial charge < -0.3 is 4.74 Å². The number of rotatable bonds is 7. The number of ketones is 1. The summed E-state index contributed by atoms with van der Waals surface area (Å²) in [5.41, 5.74) is 1.94. The minimum Gasteiger partial charge on any atom is -0.362 e. The molecule has 2 atom stereocenters. The van der Waals surface area contributed by atoms with Crippen LogP contribution in [0.4, 0.5) is 0 Å². The molecule has 0 unspecified atom stereocenters. The third kappa shape index (κ3) is 2.70. The van der Waals surface area contributed by atoms with Crippen LogP contribution in [-0.2, 0) is 9.53 Å². The number of Topliss-reactive ketones (excluding diaryl/α,β-unsaturated/α-hetero) is 1. The topological polar surface area (TPSA) is 26.3 Å². The molecule has 0 bridgehead atoms. The Bertz CT molecular complexity index is 480. The average molecular weight is 337 g/mol. The van der Waals surface area contributed by atoms with Crippen molar-refractivity contribution in [2.45, 2.75) is 84.5 Å². The summed E-state index contributed by atoms with van der Waals surface area (Å²) in [6.45, 7) is 24.5. The molecule has 132 valence electrons. The SMILES string of the molecule is C=C[C@@]1(OCC)C(=O)C([Si](C(C)C)(C(C)C)C(C)C)=C(C)[C@H]1C. The first-order valence-electron chi connectivity index (χ1n) is 9.09. The van der Waals surface area contributed by atoms with Gasteiger partial charge in [0, 0.05) is 12.5 Å². The van der Waals surface area contributed by atoms with Gasteiger partial charge in [0.15, 0.2) is 11.4 Å². The van der Waals surface area contributed by atoms with Gasteiger partial charge in [0.2, 0.25) is 0 Å². The highest BCUT2D eigenvalue weighted by Crippen LogP contribution is 2.54. The van der Waals surface area contributed by atoms with Crippen LogP contribution in [0.2, 0.25) is 16.6 Å². The maximum atomic E-state index is 13.6. The average Bonchev–Trinajstić information content (AvgIpc) is 2.63. The number of carbonyl (C=O) groups excluding carboxylic acids is 1. The number of hydrogen-bond donors (Lipinski definition) is 0. The maximum absolute atomic E-state index is 13.6. The molecule has 0 heterocycles. The molecule has 0 aliphatic heterocycles.